The Morgan fingerprint density at radius 2 is 1.93 bits per heavy atom. The van der Waals surface area contributed by atoms with Gasteiger partial charge in [-0.3, -0.25) is 0 Å². The van der Waals surface area contributed by atoms with Gasteiger partial charge >= 0.3 is 6.09 Å². The molecular weight excluding hydrogens is 198 g/mol. The number of rotatable bonds is 3. The summed E-state index contributed by atoms with van der Waals surface area (Å²) in [5.41, 5.74) is 0. The summed E-state index contributed by atoms with van der Waals surface area (Å²) in [6.07, 6.45) is 0.270. The second-order valence-electron chi connectivity index (χ2n) is 3.92. The molecule has 0 N–H and O–H groups in total. The summed E-state index contributed by atoms with van der Waals surface area (Å²) in [6.45, 7) is 4.68. The van der Waals surface area contributed by atoms with Crippen molar-refractivity contribution in [1.29, 1.82) is 0 Å². The lowest BCUT2D eigenvalue weighted by Crippen LogP contribution is -2.39. The molecule has 1 saturated heterocycles. The van der Waals surface area contributed by atoms with Gasteiger partial charge in [-0.25, -0.2) is 4.79 Å². The number of likely N-dealkylation sites (tertiary alicyclic amines) is 1. The Bertz CT molecular complexity index is 225. The van der Waals surface area contributed by atoms with Crippen molar-refractivity contribution in [3.05, 3.63) is 0 Å². The Hall–Kier alpha value is -0.810. The van der Waals surface area contributed by atoms with Crippen molar-refractivity contribution in [3.8, 4) is 0 Å². The quantitative estimate of drug-likeness (QED) is 0.667. The van der Waals surface area contributed by atoms with Gasteiger partial charge in [0.15, 0.2) is 5.79 Å². The van der Waals surface area contributed by atoms with Gasteiger partial charge in [-0.15, -0.1) is 0 Å². The van der Waals surface area contributed by atoms with Crippen LogP contribution < -0.4 is 0 Å². The van der Waals surface area contributed by atoms with Crippen LogP contribution in [0.4, 0.5) is 4.79 Å². The number of carbonyl (C=O) groups is 1. The van der Waals surface area contributed by atoms with E-state index in [9.17, 15) is 4.79 Å². The number of methoxy groups -OCH3 is 2. The van der Waals surface area contributed by atoms with Crippen LogP contribution in [-0.4, -0.2) is 50.2 Å². The highest BCUT2D eigenvalue weighted by atomic mass is 16.7. The highest BCUT2D eigenvalue weighted by Crippen LogP contribution is 2.25. The van der Waals surface area contributed by atoms with Gasteiger partial charge in [-0.1, -0.05) is 0 Å². The predicted molar refractivity (Wildman–Crippen MR) is 54.6 cm³/mol. The molecule has 0 aliphatic carbocycles. The van der Waals surface area contributed by atoms with E-state index in [0.717, 1.165) is 0 Å². The van der Waals surface area contributed by atoms with Crippen molar-refractivity contribution in [2.75, 3.05) is 27.3 Å². The molecule has 0 saturated carbocycles. The Morgan fingerprint density at radius 3 is 2.33 bits per heavy atom. The first kappa shape index (κ1) is 12.3. The largest absolute Gasteiger partial charge is 0.447 e. The Kier molecular flexibility index (Phi) is 3.93. The molecule has 0 atom stereocenters. The van der Waals surface area contributed by atoms with Crippen molar-refractivity contribution in [3.63, 3.8) is 0 Å². The van der Waals surface area contributed by atoms with E-state index in [2.05, 4.69) is 0 Å². The van der Waals surface area contributed by atoms with Crippen LogP contribution in [0.2, 0.25) is 0 Å². The number of nitrogens with zero attached hydrogens (tertiary/aromatic N) is 1. The molecule has 0 spiro atoms. The van der Waals surface area contributed by atoms with Crippen LogP contribution >= 0.6 is 0 Å². The summed E-state index contributed by atoms with van der Waals surface area (Å²) in [7, 11) is 3.17. The number of carbonyl (C=O) groups excluding carboxylic acids is 1. The SMILES string of the molecule is COC1(OC)CCN(C(=O)OC(C)C)C1. The number of ether oxygens (including phenoxy) is 3. The van der Waals surface area contributed by atoms with Crippen LogP contribution in [0.15, 0.2) is 0 Å². The second-order valence-corrected chi connectivity index (χ2v) is 3.92. The molecule has 0 unspecified atom stereocenters. The number of hydrogen-bond donors (Lipinski definition) is 0. The molecule has 1 aliphatic rings. The van der Waals surface area contributed by atoms with Crippen molar-refractivity contribution >= 4 is 6.09 Å². The molecule has 0 bridgehead atoms. The van der Waals surface area contributed by atoms with Crippen molar-refractivity contribution in [2.24, 2.45) is 0 Å². The van der Waals surface area contributed by atoms with Crippen LogP contribution in [0.25, 0.3) is 0 Å². The lowest BCUT2D eigenvalue weighted by molar-refractivity contribution is -0.194. The maximum absolute atomic E-state index is 11.6. The van der Waals surface area contributed by atoms with Crippen LogP contribution in [0.3, 0.4) is 0 Å². The number of amides is 1. The first-order valence-electron chi connectivity index (χ1n) is 5.09. The van der Waals surface area contributed by atoms with Gasteiger partial charge in [-0.05, 0) is 13.8 Å². The lowest BCUT2D eigenvalue weighted by atomic mass is 10.2. The summed E-state index contributed by atoms with van der Waals surface area (Å²) in [6, 6.07) is 0. The van der Waals surface area contributed by atoms with Crippen LogP contribution in [0, 0.1) is 0 Å². The maximum Gasteiger partial charge on any atom is 0.410 e. The van der Waals surface area contributed by atoms with Gasteiger partial charge in [0.25, 0.3) is 0 Å². The molecule has 1 fully saturated rings. The van der Waals surface area contributed by atoms with E-state index in [4.69, 9.17) is 14.2 Å². The van der Waals surface area contributed by atoms with Gasteiger partial charge in [-0.2, -0.15) is 0 Å². The monoisotopic (exact) mass is 217 g/mol. The van der Waals surface area contributed by atoms with E-state index in [1.165, 1.54) is 0 Å². The fraction of sp³-hybridized carbons (Fsp3) is 0.900. The molecule has 0 radical (unpaired) electrons. The van der Waals surface area contributed by atoms with Crippen molar-refractivity contribution in [2.45, 2.75) is 32.2 Å². The molecule has 1 amide bonds. The molecule has 15 heavy (non-hydrogen) atoms. The first-order valence-corrected chi connectivity index (χ1v) is 5.09. The minimum atomic E-state index is -0.657. The van der Waals surface area contributed by atoms with Crippen LogP contribution in [0.1, 0.15) is 20.3 Å². The Morgan fingerprint density at radius 1 is 1.33 bits per heavy atom. The molecule has 0 aromatic carbocycles. The normalized spacial score (nSPS) is 19.7. The summed E-state index contributed by atoms with van der Waals surface area (Å²) in [5.74, 6) is -0.657. The van der Waals surface area contributed by atoms with Gasteiger partial charge in [0, 0.05) is 27.2 Å². The van der Waals surface area contributed by atoms with E-state index in [1.807, 2.05) is 13.8 Å². The summed E-state index contributed by atoms with van der Waals surface area (Å²) >= 11 is 0. The summed E-state index contributed by atoms with van der Waals surface area (Å²) < 4.78 is 15.6. The van der Waals surface area contributed by atoms with E-state index in [1.54, 1.807) is 19.1 Å². The third kappa shape index (κ3) is 2.82. The zero-order chi connectivity index (χ0) is 11.5. The van der Waals surface area contributed by atoms with E-state index in [-0.39, 0.29) is 12.2 Å². The summed E-state index contributed by atoms with van der Waals surface area (Å²) in [5, 5.41) is 0. The molecule has 1 aliphatic heterocycles. The van der Waals surface area contributed by atoms with Gasteiger partial charge in [0.2, 0.25) is 0 Å². The van der Waals surface area contributed by atoms with E-state index < -0.39 is 5.79 Å². The zero-order valence-electron chi connectivity index (χ0n) is 9.78. The molecular formula is C10H19NO4. The van der Waals surface area contributed by atoms with E-state index in [0.29, 0.717) is 19.5 Å². The molecule has 5 heteroatoms. The van der Waals surface area contributed by atoms with Gasteiger partial charge in [0.1, 0.15) is 0 Å². The minimum Gasteiger partial charge on any atom is -0.447 e. The van der Waals surface area contributed by atoms with Crippen LogP contribution in [-0.2, 0) is 14.2 Å². The first-order chi connectivity index (χ1) is 7.03. The highest BCUT2D eigenvalue weighted by molar-refractivity contribution is 5.68. The number of hydrogen-bond acceptors (Lipinski definition) is 4. The summed E-state index contributed by atoms with van der Waals surface area (Å²) in [4.78, 5) is 13.2. The molecule has 0 aromatic rings. The highest BCUT2D eigenvalue weighted by Gasteiger charge is 2.41. The fourth-order valence-electron chi connectivity index (χ4n) is 1.60. The van der Waals surface area contributed by atoms with Gasteiger partial charge in [0.05, 0.1) is 12.6 Å². The zero-order valence-corrected chi connectivity index (χ0v) is 9.78. The maximum atomic E-state index is 11.6. The average molecular weight is 217 g/mol. The van der Waals surface area contributed by atoms with E-state index >= 15 is 0 Å². The standard InChI is InChI=1S/C10H19NO4/c1-8(2)15-9(12)11-6-5-10(7-11,13-3)14-4/h8H,5-7H2,1-4H3. The Labute approximate surface area is 90.3 Å². The topological polar surface area (TPSA) is 48.0 Å². The van der Waals surface area contributed by atoms with Crippen LogP contribution in [0.5, 0.6) is 0 Å². The fourth-order valence-corrected chi connectivity index (χ4v) is 1.60. The second kappa shape index (κ2) is 4.81. The smallest absolute Gasteiger partial charge is 0.410 e. The Balaban J connectivity index is 2.51. The third-order valence-corrected chi connectivity index (χ3v) is 2.53. The van der Waals surface area contributed by atoms with Gasteiger partial charge < -0.3 is 19.1 Å². The molecule has 1 rings (SSSR count). The molecule has 5 nitrogen and oxygen atoms in total. The molecule has 1 heterocycles. The molecule has 88 valence electrons. The molecule has 0 aromatic heterocycles. The van der Waals surface area contributed by atoms with Crippen molar-refractivity contribution in [1.82, 2.24) is 4.90 Å². The third-order valence-electron chi connectivity index (χ3n) is 2.53. The predicted octanol–water partition coefficient (Wildman–Crippen LogP) is 1.23. The average Bonchev–Trinajstić information content (AvgIpc) is 2.62. The lowest BCUT2D eigenvalue weighted by Gasteiger charge is -2.26. The minimum absolute atomic E-state index is 0.0995. The van der Waals surface area contributed by atoms with Crippen molar-refractivity contribution < 1.29 is 19.0 Å².